The predicted octanol–water partition coefficient (Wildman–Crippen LogP) is 1.59. The van der Waals surface area contributed by atoms with E-state index in [-0.39, 0.29) is 24.9 Å². The summed E-state index contributed by atoms with van der Waals surface area (Å²) < 4.78 is 18.4. The van der Waals surface area contributed by atoms with Crippen molar-refractivity contribution in [1.29, 1.82) is 0 Å². The summed E-state index contributed by atoms with van der Waals surface area (Å²) >= 11 is 0. The van der Waals surface area contributed by atoms with Gasteiger partial charge in [0.2, 0.25) is 0 Å². The molecule has 3 rings (SSSR count). The third kappa shape index (κ3) is 3.68. The van der Waals surface area contributed by atoms with Gasteiger partial charge < -0.3 is 14.7 Å². The average molecular weight is 319 g/mol. The van der Waals surface area contributed by atoms with Gasteiger partial charge in [-0.15, -0.1) is 0 Å². The van der Waals surface area contributed by atoms with Crippen LogP contribution >= 0.6 is 0 Å². The summed E-state index contributed by atoms with van der Waals surface area (Å²) in [5.41, 5.74) is -0.726. The minimum absolute atomic E-state index is 0.0470. The molecule has 2 heterocycles. The lowest BCUT2D eigenvalue weighted by atomic mass is 9.93. The molecule has 0 bridgehead atoms. The number of carbonyl (C=O) groups is 1. The number of aliphatic hydroxyl groups is 1. The van der Waals surface area contributed by atoms with Gasteiger partial charge in [0.1, 0.15) is 29.5 Å². The second-order valence-electron chi connectivity index (χ2n) is 5.77. The standard InChI is InChI=1S/C16H18FN3O3/c17-12-2-4-13(5-3-12)23-11-16(22)7-1-9-20(10-16)15(21)14-6-8-18-19-14/h2-6,8,22H,1,7,9-11H2,(H,18,19)/t16-/m1/s1. The summed E-state index contributed by atoms with van der Waals surface area (Å²) in [7, 11) is 0. The zero-order valence-electron chi connectivity index (χ0n) is 12.5. The minimum Gasteiger partial charge on any atom is -0.491 e. The maximum absolute atomic E-state index is 12.9. The highest BCUT2D eigenvalue weighted by atomic mass is 19.1. The van der Waals surface area contributed by atoms with Gasteiger partial charge in [-0.05, 0) is 43.2 Å². The Morgan fingerprint density at radius 3 is 2.87 bits per heavy atom. The van der Waals surface area contributed by atoms with Crippen LogP contribution in [0.3, 0.4) is 0 Å². The van der Waals surface area contributed by atoms with Crippen LogP contribution in [0.5, 0.6) is 5.75 Å². The number of carbonyl (C=O) groups excluding carboxylic acids is 1. The number of aromatic amines is 1. The van der Waals surface area contributed by atoms with Crippen molar-refractivity contribution in [2.45, 2.75) is 18.4 Å². The summed E-state index contributed by atoms with van der Waals surface area (Å²) in [6.07, 6.45) is 2.74. The second-order valence-corrected chi connectivity index (χ2v) is 5.77. The van der Waals surface area contributed by atoms with E-state index >= 15 is 0 Å². The van der Waals surface area contributed by atoms with Gasteiger partial charge in [0.25, 0.3) is 5.91 Å². The Kier molecular flexibility index (Phi) is 4.29. The van der Waals surface area contributed by atoms with E-state index in [1.165, 1.54) is 30.5 Å². The van der Waals surface area contributed by atoms with Crippen molar-refractivity contribution < 1.29 is 19.0 Å². The van der Waals surface area contributed by atoms with Crippen LogP contribution in [0.15, 0.2) is 36.5 Å². The van der Waals surface area contributed by atoms with E-state index in [1.54, 1.807) is 11.0 Å². The number of halogens is 1. The minimum atomic E-state index is -1.12. The molecule has 23 heavy (non-hydrogen) atoms. The van der Waals surface area contributed by atoms with Gasteiger partial charge in [0, 0.05) is 12.7 Å². The first-order valence-electron chi connectivity index (χ1n) is 7.45. The molecule has 1 fully saturated rings. The number of β-amino-alcohol motifs (C(OH)–C–C–N with tert-alkyl or cyclic N) is 1. The van der Waals surface area contributed by atoms with Crippen molar-refractivity contribution in [3.05, 3.63) is 48.0 Å². The Morgan fingerprint density at radius 1 is 1.39 bits per heavy atom. The van der Waals surface area contributed by atoms with Gasteiger partial charge in [-0.1, -0.05) is 0 Å². The summed E-state index contributed by atoms with van der Waals surface area (Å²) in [6, 6.07) is 7.22. The molecule has 1 aromatic carbocycles. The van der Waals surface area contributed by atoms with Crippen molar-refractivity contribution in [3.8, 4) is 5.75 Å². The SMILES string of the molecule is O=C(c1ccn[nH]1)N1CCC[C@](O)(COc2ccc(F)cc2)C1. The number of amides is 1. The van der Waals surface area contributed by atoms with Crippen LogP contribution in [-0.4, -0.2) is 51.4 Å². The number of nitrogens with zero attached hydrogens (tertiary/aromatic N) is 2. The Bertz CT molecular complexity index is 660. The van der Waals surface area contributed by atoms with E-state index in [1.807, 2.05) is 0 Å². The van der Waals surface area contributed by atoms with Gasteiger partial charge >= 0.3 is 0 Å². The molecule has 2 aromatic rings. The van der Waals surface area contributed by atoms with Crippen LogP contribution in [0, 0.1) is 5.82 Å². The van der Waals surface area contributed by atoms with Gasteiger partial charge in [-0.25, -0.2) is 4.39 Å². The van der Waals surface area contributed by atoms with Gasteiger partial charge in [-0.2, -0.15) is 5.10 Å². The Hall–Kier alpha value is -2.41. The van der Waals surface area contributed by atoms with Crippen molar-refractivity contribution in [1.82, 2.24) is 15.1 Å². The number of aromatic nitrogens is 2. The van der Waals surface area contributed by atoms with Gasteiger partial charge in [0.15, 0.2) is 0 Å². The van der Waals surface area contributed by atoms with E-state index in [0.29, 0.717) is 30.8 Å². The highest BCUT2D eigenvalue weighted by Gasteiger charge is 2.36. The fourth-order valence-electron chi connectivity index (χ4n) is 2.70. The zero-order valence-corrected chi connectivity index (χ0v) is 12.5. The predicted molar refractivity (Wildman–Crippen MR) is 80.6 cm³/mol. The number of hydrogen-bond donors (Lipinski definition) is 2. The summed E-state index contributed by atoms with van der Waals surface area (Å²) in [5.74, 6) is -0.0516. The van der Waals surface area contributed by atoms with Crippen molar-refractivity contribution >= 4 is 5.91 Å². The highest BCUT2D eigenvalue weighted by molar-refractivity contribution is 5.92. The summed E-state index contributed by atoms with van der Waals surface area (Å²) in [5, 5.41) is 17.1. The number of nitrogens with one attached hydrogen (secondary N) is 1. The normalized spacial score (nSPS) is 21.2. The molecule has 2 N–H and O–H groups in total. The molecular weight excluding hydrogens is 301 g/mol. The topological polar surface area (TPSA) is 78.5 Å². The molecule has 0 aliphatic carbocycles. The molecule has 7 heteroatoms. The average Bonchev–Trinajstić information content (AvgIpc) is 3.08. The zero-order chi connectivity index (χ0) is 16.3. The molecule has 1 aliphatic rings. The Morgan fingerprint density at radius 2 is 2.17 bits per heavy atom. The largest absolute Gasteiger partial charge is 0.491 e. The molecular formula is C16H18FN3O3. The molecule has 6 nitrogen and oxygen atoms in total. The summed E-state index contributed by atoms with van der Waals surface area (Å²) in [6.45, 7) is 0.814. The lowest BCUT2D eigenvalue weighted by Crippen LogP contribution is -2.53. The number of benzene rings is 1. The molecule has 0 spiro atoms. The van der Waals surface area contributed by atoms with E-state index in [0.717, 1.165) is 0 Å². The van der Waals surface area contributed by atoms with Crippen LogP contribution in [0.4, 0.5) is 4.39 Å². The number of H-pyrrole nitrogens is 1. The quantitative estimate of drug-likeness (QED) is 0.897. The molecule has 0 unspecified atom stereocenters. The third-order valence-corrected chi connectivity index (χ3v) is 3.89. The van der Waals surface area contributed by atoms with E-state index < -0.39 is 5.60 Å². The monoisotopic (exact) mass is 319 g/mol. The van der Waals surface area contributed by atoms with Gasteiger partial charge in [-0.3, -0.25) is 9.89 Å². The molecule has 0 saturated carbocycles. The van der Waals surface area contributed by atoms with Crippen LogP contribution in [-0.2, 0) is 0 Å². The molecule has 1 aromatic heterocycles. The molecule has 1 atom stereocenters. The van der Waals surface area contributed by atoms with Crippen LogP contribution in [0.25, 0.3) is 0 Å². The number of ether oxygens (including phenoxy) is 1. The van der Waals surface area contributed by atoms with Crippen LogP contribution < -0.4 is 4.74 Å². The first kappa shape index (κ1) is 15.5. The highest BCUT2D eigenvalue weighted by Crippen LogP contribution is 2.24. The third-order valence-electron chi connectivity index (χ3n) is 3.89. The van der Waals surface area contributed by atoms with E-state index in [4.69, 9.17) is 4.74 Å². The van der Waals surface area contributed by atoms with Crippen LogP contribution in [0.1, 0.15) is 23.3 Å². The molecule has 1 aliphatic heterocycles. The van der Waals surface area contributed by atoms with Crippen molar-refractivity contribution in [3.63, 3.8) is 0 Å². The fraction of sp³-hybridized carbons (Fsp3) is 0.375. The van der Waals surface area contributed by atoms with E-state index in [9.17, 15) is 14.3 Å². The lowest BCUT2D eigenvalue weighted by molar-refractivity contribution is -0.0533. The maximum Gasteiger partial charge on any atom is 0.271 e. The smallest absolute Gasteiger partial charge is 0.271 e. The van der Waals surface area contributed by atoms with Crippen LogP contribution in [0.2, 0.25) is 0 Å². The second kappa shape index (κ2) is 6.37. The van der Waals surface area contributed by atoms with Crippen molar-refractivity contribution in [2.75, 3.05) is 19.7 Å². The number of likely N-dealkylation sites (tertiary alicyclic amines) is 1. The Balaban J connectivity index is 1.62. The maximum atomic E-state index is 12.9. The molecule has 0 radical (unpaired) electrons. The van der Waals surface area contributed by atoms with Crippen molar-refractivity contribution in [2.24, 2.45) is 0 Å². The number of piperidine rings is 1. The summed E-state index contributed by atoms with van der Waals surface area (Å²) in [4.78, 5) is 13.9. The van der Waals surface area contributed by atoms with E-state index in [2.05, 4.69) is 10.2 Å². The number of hydrogen-bond acceptors (Lipinski definition) is 4. The molecule has 122 valence electrons. The number of rotatable bonds is 4. The molecule has 1 saturated heterocycles. The Labute approximate surface area is 132 Å². The first-order valence-corrected chi connectivity index (χ1v) is 7.45. The fourth-order valence-corrected chi connectivity index (χ4v) is 2.70. The first-order chi connectivity index (χ1) is 11.1. The lowest BCUT2D eigenvalue weighted by Gasteiger charge is -2.38. The van der Waals surface area contributed by atoms with Gasteiger partial charge in [0.05, 0.1) is 6.54 Å². The molecule has 1 amide bonds.